The molecule has 1 aliphatic heterocycles. The minimum atomic E-state index is -0.0178. The van der Waals surface area contributed by atoms with Crippen molar-refractivity contribution in [2.24, 2.45) is 0 Å². The quantitative estimate of drug-likeness (QED) is 0.917. The van der Waals surface area contributed by atoms with E-state index in [2.05, 4.69) is 5.32 Å². The number of amides is 1. The van der Waals surface area contributed by atoms with Crippen LogP contribution in [-0.4, -0.2) is 43.6 Å². The zero-order valence-corrected chi connectivity index (χ0v) is 12.2. The highest BCUT2D eigenvalue weighted by molar-refractivity contribution is 5.85. The molecule has 1 aromatic rings. The van der Waals surface area contributed by atoms with E-state index in [1.165, 1.54) is 0 Å². The number of morpholine rings is 1. The molecular formula is C14H21ClN2O2. The zero-order chi connectivity index (χ0) is 13.0. The van der Waals surface area contributed by atoms with Gasteiger partial charge >= 0.3 is 0 Å². The Hall–Kier alpha value is -1.10. The van der Waals surface area contributed by atoms with Gasteiger partial charge in [-0.2, -0.15) is 0 Å². The minimum Gasteiger partial charge on any atom is -0.367 e. The fraction of sp³-hybridized carbons (Fsp3) is 0.500. The second-order valence-corrected chi connectivity index (χ2v) is 4.68. The number of rotatable bonds is 3. The average Bonchev–Trinajstić information content (AvgIpc) is 2.39. The lowest BCUT2D eigenvalue weighted by Crippen LogP contribution is -2.48. The molecule has 19 heavy (non-hydrogen) atoms. The van der Waals surface area contributed by atoms with E-state index in [1.54, 1.807) is 7.05 Å². The second-order valence-electron chi connectivity index (χ2n) is 4.68. The number of ether oxygens (including phenoxy) is 1. The molecule has 0 aromatic heterocycles. The highest BCUT2D eigenvalue weighted by Gasteiger charge is 2.28. The summed E-state index contributed by atoms with van der Waals surface area (Å²) in [6, 6.07) is 10.1. The molecule has 1 amide bonds. The molecule has 2 atom stereocenters. The number of nitrogens with zero attached hydrogens (tertiary/aromatic N) is 1. The molecule has 2 rings (SSSR count). The molecule has 1 fully saturated rings. The molecule has 1 aliphatic rings. The Morgan fingerprint density at radius 3 is 2.68 bits per heavy atom. The first kappa shape index (κ1) is 16.0. The maximum absolute atomic E-state index is 11.9. The van der Waals surface area contributed by atoms with Crippen molar-refractivity contribution in [3.05, 3.63) is 35.9 Å². The lowest BCUT2D eigenvalue weighted by atomic mass is 10.1. The molecule has 0 radical (unpaired) electrons. The van der Waals surface area contributed by atoms with Gasteiger partial charge in [-0.15, -0.1) is 12.4 Å². The van der Waals surface area contributed by atoms with E-state index in [1.807, 2.05) is 42.2 Å². The highest BCUT2D eigenvalue weighted by atomic mass is 35.5. The Kier molecular flexibility index (Phi) is 6.28. The number of likely N-dealkylation sites (N-methyl/N-ethyl adjacent to an activating group) is 1. The van der Waals surface area contributed by atoms with Crippen LogP contribution in [0.3, 0.4) is 0 Å². The summed E-state index contributed by atoms with van der Waals surface area (Å²) in [5.41, 5.74) is 1.13. The Morgan fingerprint density at radius 1 is 1.37 bits per heavy atom. The Balaban J connectivity index is 0.00000180. The van der Waals surface area contributed by atoms with E-state index in [0.717, 1.165) is 5.56 Å². The molecule has 1 aromatic carbocycles. The molecule has 1 N–H and O–H groups in total. The lowest BCUT2D eigenvalue weighted by Gasteiger charge is -2.37. The van der Waals surface area contributed by atoms with E-state index in [4.69, 9.17) is 4.74 Å². The first-order valence-electron chi connectivity index (χ1n) is 6.33. The van der Waals surface area contributed by atoms with E-state index in [9.17, 15) is 4.79 Å². The van der Waals surface area contributed by atoms with Crippen LogP contribution in [0.4, 0.5) is 0 Å². The number of hydrogen-bond donors (Lipinski definition) is 1. The van der Waals surface area contributed by atoms with E-state index in [0.29, 0.717) is 19.6 Å². The summed E-state index contributed by atoms with van der Waals surface area (Å²) < 4.78 is 5.92. The van der Waals surface area contributed by atoms with E-state index < -0.39 is 0 Å². The van der Waals surface area contributed by atoms with Crippen LogP contribution >= 0.6 is 12.4 Å². The van der Waals surface area contributed by atoms with Gasteiger partial charge in [0, 0.05) is 6.54 Å². The first-order chi connectivity index (χ1) is 8.70. The fourth-order valence-corrected chi connectivity index (χ4v) is 2.27. The monoisotopic (exact) mass is 284 g/mol. The van der Waals surface area contributed by atoms with Gasteiger partial charge in [0.05, 0.1) is 19.2 Å². The third kappa shape index (κ3) is 4.20. The van der Waals surface area contributed by atoms with Gasteiger partial charge in [-0.3, -0.25) is 4.79 Å². The molecule has 1 saturated heterocycles. The minimum absolute atomic E-state index is 0. The van der Waals surface area contributed by atoms with Gasteiger partial charge in [0.25, 0.3) is 0 Å². The van der Waals surface area contributed by atoms with Crippen LogP contribution in [0.25, 0.3) is 0 Å². The van der Waals surface area contributed by atoms with Gasteiger partial charge in [0.1, 0.15) is 6.10 Å². The maximum Gasteiger partial charge on any atom is 0.236 e. The van der Waals surface area contributed by atoms with Crippen LogP contribution in [0.2, 0.25) is 0 Å². The van der Waals surface area contributed by atoms with Gasteiger partial charge in [-0.25, -0.2) is 0 Å². The molecule has 4 nitrogen and oxygen atoms in total. The van der Waals surface area contributed by atoms with Crippen molar-refractivity contribution in [1.29, 1.82) is 0 Å². The van der Waals surface area contributed by atoms with Crippen molar-refractivity contribution in [1.82, 2.24) is 10.2 Å². The van der Waals surface area contributed by atoms with Crippen LogP contribution in [-0.2, 0) is 9.53 Å². The summed E-state index contributed by atoms with van der Waals surface area (Å²) in [5, 5.41) is 2.90. The predicted octanol–water partition coefficient (Wildman–Crippen LogP) is 1.62. The third-order valence-electron chi connectivity index (χ3n) is 3.11. The normalized spacial score (nSPS) is 22.7. The van der Waals surface area contributed by atoms with Gasteiger partial charge in [0.15, 0.2) is 0 Å². The molecule has 2 unspecified atom stereocenters. The number of benzene rings is 1. The number of carbonyl (C=O) groups excluding carboxylic acids is 1. The van der Waals surface area contributed by atoms with Crippen molar-refractivity contribution < 1.29 is 9.53 Å². The van der Waals surface area contributed by atoms with E-state index in [-0.39, 0.29) is 30.5 Å². The van der Waals surface area contributed by atoms with Gasteiger partial charge in [-0.1, -0.05) is 30.3 Å². The number of carbonyl (C=O) groups is 1. The molecule has 1 heterocycles. The summed E-state index contributed by atoms with van der Waals surface area (Å²) in [6.45, 7) is 3.70. The van der Waals surface area contributed by atoms with Crippen molar-refractivity contribution >= 4 is 18.3 Å². The Bertz CT molecular complexity index is 400. The van der Waals surface area contributed by atoms with Crippen molar-refractivity contribution in [2.45, 2.75) is 19.1 Å². The highest BCUT2D eigenvalue weighted by Crippen LogP contribution is 2.24. The Morgan fingerprint density at radius 2 is 2.05 bits per heavy atom. The SMILES string of the molecule is CNCC(=O)N1CC(C)OC(c2ccccc2)C1.Cl. The topological polar surface area (TPSA) is 41.6 Å². The summed E-state index contributed by atoms with van der Waals surface area (Å²) in [6.07, 6.45) is 0.0560. The average molecular weight is 285 g/mol. The molecule has 0 spiro atoms. The molecule has 0 aliphatic carbocycles. The van der Waals surface area contributed by atoms with Crippen molar-refractivity contribution in [3.63, 3.8) is 0 Å². The third-order valence-corrected chi connectivity index (χ3v) is 3.11. The summed E-state index contributed by atoms with van der Waals surface area (Å²) in [5.74, 6) is 0.133. The van der Waals surface area contributed by atoms with Crippen molar-refractivity contribution in [2.75, 3.05) is 26.7 Å². The predicted molar refractivity (Wildman–Crippen MR) is 77.5 cm³/mol. The molecule has 0 saturated carbocycles. The summed E-state index contributed by atoms with van der Waals surface area (Å²) >= 11 is 0. The van der Waals surface area contributed by atoms with Crippen LogP contribution in [0.5, 0.6) is 0 Å². The van der Waals surface area contributed by atoms with Gasteiger partial charge in [0.2, 0.25) is 5.91 Å². The number of halogens is 1. The fourth-order valence-electron chi connectivity index (χ4n) is 2.27. The summed E-state index contributed by atoms with van der Waals surface area (Å²) in [4.78, 5) is 13.8. The van der Waals surface area contributed by atoms with Crippen LogP contribution in [0.1, 0.15) is 18.6 Å². The molecule has 106 valence electrons. The second kappa shape index (κ2) is 7.48. The van der Waals surface area contributed by atoms with Crippen LogP contribution < -0.4 is 5.32 Å². The molecule has 0 bridgehead atoms. The lowest BCUT2D eigenvalue weighted by molar-refractivity contribution is -0.143. The van der Waals surface area contributed by atoms with E-state index >= 15 is 0 Å². The largest absolute Gasteiger partial charge is 0.367 e. The van der Waals surface area contributed by atoms with Crippen molar-refractivity contribution in [3.8, 4) is 0 Å². The molecular weight excluding hydrogens is 264 g/mol. The smallest absolute Gasteiger partial charge is 0.236 e. The van der Waals surface area contributed by atoms with Gasteiger partial charge in [-0.05, 0) is 19.5 Å². The van der Waals surface area contributed by atoms with Crippen LogP contribution in [0.15, 0.2) is 30.3 Å². The standard InChI is InChI=1S/C14H20N2O2.ClH/c1-11-9-16(14(17)8-15-2)10-13(18-11)12-6-4-3-5-7-12;/h3-7,11,13,15H,8-10H2,1-2H3;1H. The maximum atomic E-state index is 11.9. The van der Waals surface area contributed by atoms with Crippen LogP contribution in [0, 0.1) is 0 Å². The zero-order valence-electron chi connectivity index (χ0n) is 11.3. The number of hydrogen-bond acceptors (Lipinski definition) is 3. The first-order valence-corrected chi connectivity index (χ1v) is 6.33. The summed E-state index contributed by atoms with van der Waals surface area (Å²) in [7, 11) is 1.79. The van der Waals surface area contributed by atoms with Gasteiger partial charge < -0.3 is 15.0 Å². The Labute approximate surface area is 120 Å². The molecule has 5 heteroatoms. The number of nitrogens with one attached hydrogen (secondary N) is 1.